The van der Waals surface area contributed by atoms with Crippen LogP contribution in [0.15, 0.2) is 48.5 Å². The molecule has 0 fully saturated rings. The minimum absolute atomic E-state index is 0.0500. The third kappa shape index (κ3) is 5.27. The molecule has 0 amide bonds. The van der Waals surface area contributed by atoms with Crippen molar-refractivity contribution in [3.8, 4) is 0 Å². The molecule has 3 rings (SSSR count). The van der Waals surface area contributed by atoms with Crippen LogP contribution in [0.4, 0.5) is 55.6 Å². The van der Waals surface area contributed by atoms with Gasteiger partial charge in [0.15, 0.2) is 0 Å². The Morgan fingerprint density at radius 2 is 1.03 bits per heavy atom. The Labute approximate surface area is 166 Å². The first-order valence-corrected chi connectivity index (χ1v) is 8.37. The van der Waals surface area contributed by atoms with Gasteiger partial charge in [-0.3, -0.25) is 0 Å². The topological polar surface area (TPSA) is 74.8 Å². The number of nitrogens with zero attached hydrogens (tertiary/aromatic N) is 3. The van der Waals surface area contributed by atoms with Gasteiger partial charge in [0.05, 0.1) is 11.1 Å². The summed E-state index contributed by atoms with van der Waals surface area (Å²) in [6.45, 7) is 0. The SMILES string of the molecule is CNc1nc(Nc2cccc(C(F)(F)F)c2)nc(Nc2cccc(C(F)(F)F)c2)n1. The van der Waals surface area contributed by atoms with Crippen molar-refractivity contribution in [1.82, 2.24) is 15.0 Å². The molecule has 3 aromatic rings. The van der Waals surface area contributed by atoms with Gasteiger partial charge in [-0.2, -0.15) is 41.3 Å². The van der Waals surface area contributed by atoms with Crippen LogP contribution in [0.2, 0.25) is 0 Å². The molecular weight excluding hydrogens is 414 g/mol. The van der Waals surface area contributed by atoms with E-state index >= 15 is 0 Å². The fraction of sp³-hybridized carbons (Fsp3) is 0.167. The highest BCUT2D eigenvalue weighted by atomic mass is 19.4. The van der Waals surface area contributed by atoms with Gasteiger partial charge < -0.3 is 16.0 Å². The quantitative estimate of drug-likeness (QED) is 0.470. The van der Waals surface area contributed by atoms with Gasteiger partial charge in [0.25, 0.3) is 0 Å². The highest BCUT2D eigenvalue weighted by Crippen LogP contribution is 2.32. The number of halogens is 6. The van der Waals surface area contributed by atoms with E-state index in [1.54, 1.807) is 0 Å². The van der Waals surface area contributed by atoms with Crippen molar-refractivity contribution in [2.75, 3.05) is 23.0 Å². The Kier molecular flexibility index (Phi) is 5.67. The molecule has 0 aliphatic carbocycles. The van der Waals surface area contributed by atoms with Crippen LogP contribution >= 0.6 is 0 Å². The first-order chi connectivity index (χ1) is 14.0. The summed E-state index contributed by atoms with van der Waals surface area (Å²) in [4.78, 5) is 12.0. The number of rotatable bonds is 5. The number of aromatic nitrogens is 3. The van der Waals surface area contributed by atoms with E-state index < -0.39 is 23.5 Å². The number of benzene rings is 2. The highest BCUT2D eigenvalue weighted by Gasteiger charge is 2.31. The Morgan fingerprint density at radius 1 is 0.633 bits per heavy atom. The average molecular weight is 428 g/mol. The van der Waals surface area contributed by atoms with E-state index in [1.807, 2.05) is 0 Å². The number of alkyl halides is 6. The molecule has 0 spiro atoms. The third-order valence-corrected chi connectivity index (χ3v) is 3.75. The molecule has 0 radical (unpaired) electrons. The molecule has 6 nitrogen and oxygen atoms in total. The highest BCUT2D eigenvalue weighted by molar-refractivity contribution is 5.60. The van der Waals surface area contributed by atoms with E-state index in [0.29, 0.717) is 0 Å². The number of anilines is 5. The van der Waals surface area contributed by atoms with Crippen molar-refractivity contribution >= 4 is 29.2 Å². The Morgan fingerprint density at radius 3 is 1.40 bits per heavy atom. The molecule has 0 saturated heterocycles. The van der Waals surface area contributed by atoms with E-state index in [1.165, 1.54) is 31.3 Å². The fourth-order valence-electron chi connectivity index (χ4n) is 2.40. The molecule has 1 heterocycles. The van der Waals surface area contributed by atoms with E-state index in [9.17, 15) is 26.3 Å². The predicted molar refractivity (Wildman–Crippen MR) is 98.8 cm³/mol. The number of nitrogens with one attached hydrogen (secondary N) is 3. The maximum Gasteiger partial charge on any atom is 0.416 e. The summed E-state index contributed by atoms with van der Waals surface area (Å²) in [6.07, 6.45) is -9.05. The van der Waals surface area contributed by atoms with E-state index in [4.69, 9.17) is 0 Å². The van der Waals surface area contributed by atoms with Crippen LogP contribution in [-0.4, -0.2) is 22.0 Å². The largest absolute Gasteiger partial charge is 0.416 e. The van der Waals surface area contributed by atoms with Gasteiger partial charge >= 0.3 is 12.4 Å². The second-order valence-electron chi connectivity index (χ2n) is 5.96. The summed E-state index contributed by atoms with van der Waals surface area (Å²) in [5, 5.41) is 7.91. The molecule has 30 heavy (non-hydrogen) atoms. The van der Waals surface area contributed by atoms with Gasteiger partial charge in [-0.15, -0.1) is 0 Å². The minimum atomic E-state index is -4.52. The smallest absolute Gasteiger partial charge is 0.357 e. The van der Waals surface area contributed by atoms with E-state index in [0.717, 1.165) is 24.3 Å². The minimum Gasteiger partial charge on any atom is -0.357 e. The third-order valence-electron chi connectivity index (χ3n) is 3.75. The molecule has 3 N–H and O–H groups in total. The van der Waals surface area contributed by atoms with Crippen LogP contribution in [0.1, 0.15) is 11.1 Å². The Balaban J connectivity index is 1.88. The monoisotopic (exact) mass is 428 g/mol. The van der Waals surface area contributed by atoms with Crippen molar-refractivity contribution < 1.29 is 26.3 Å². The summed E-state index contributed by atoms with van der Waals surface area (Å²) in [7, 11) is 1.50. The maximum absolute atomic E-state index is 12.9. The van der Waals surface area contributed by atoms with Crippen LogP contribution in [0.25, 0.3) is 0 Å². The Hall–Kier alpha value is -3.57. The van der Waals surface area contributed by atoms with Gasteiger partial charge in [-0.25, -0.2) is 0 Å². The Bertz CT molecular complexity index is 956. The summed E-state index contributed by atoms with van der Waals surface area (Å²) < 4.78 is 77.3. The molecule has 0 bridgehead atoms. The van der Waals surface area contributed by atoms with Crippen LogP contribution in [-0.2, 0) is 12.4 Å². The van der Waals surface area contributed by atoms with E-state index in [-0.39, 0.29) is 29.2 Å². The molecule has 2 aromatic carbocycles. The zero-order valence-corrected chi connectivity index (χ0v) is 15.2. The summed E-state index contributed by atoms with van der Waals surface area (Å²) in [6, 6.07) is 8.79. The molecule has 0 aliphatic rings. The molecule has 158 valence electrons. The van der Waals surface area contributed by atoms with Gasteiger partial charge in [0, 0.05) is 18.4 Å². The molecule has 1 aromatic heterocycles. The van der Waals surface area contributed by atoms with Crippen molar-refractivity contribution in [2.45, 2.75) is 12.4 Å². The summed E-state index contributed by atoms with van der Waals surface area (Å²) in [5.41, 5.74) is -1.58. The first kappa shape index (κ1) is 21.1. The summed E-state index contributed by atoms with van der Waals surface area (Å²) >= 11 is 0. The number of hydrogen-bond donors (Lipinski definition) is 3. The average Bonchev–Trinajstić information content (AvgIpc) is 2.67. The van der Waals surface area contributed by atoms with Gasteiger partial charge in [-0.1, -0.05) is 12.1 Å². The maximum atomic E-state index is 12.9. The lowest BCUT2D eigenvalue weighted by molar-refractivity contribution is -0.138. The van der Waals surface area contributed by atoms with Crippen molar-refractivity contribution in [2.24, 2.45) is 0 Å². The summed E-state index contributed by atoms with van der Waals surface area (Å²) in [5.74, 6) is -0.166. The molecule has 0 atom stereocenters. The van der Waals surface area contributed by atoms with E-state index in [2.05, 4.69) is 30.9 Å². The van der Waals surface area contributed by atoms with Crippen LogP contribution in [0.5, 0.6) is 0 Å². The lowest BCUT2D eigenvalue weighted by atomic mass is 10.2. The second kappa shape index (κ2) is 8.05. The lowest BCUT2D eigenvalue weighted by Gasteiger charge is -2.12. The predicted octanol–water partition coefficient (Wildman–Crippen LogP) is 5.44. The molecule has 0 saturated carbocycles. The molecule has 0 unspecified atom stereocenters. The van der Waals surface area contributed by atoms with Crippen molar-refractivity contribution in [1.29, 1.82) is 0 Å². The van der Waals surface area contributed by atoms with Gasteiger partial charge in [-0.05, 0) is 36.4 Å². The van der Waals surface area contributed by atoms with Gasteiger partial charge in [0.1, 0.15) is 0 Å². The standard InChI is InChI=1S/C18H14F6N6/c1-25-14-28-15(26-12-6-2-4-10(8-12)17(19,20)21)30-16(29-14)27-13-7-3-5-11(9-13)18(22,23)24/h2-9H,1H3,(H3,25,26,27,28,29,30). The molecular formula is C18H14F6N6. The van der Waals surface area contributed by atoms with Gasteiger partial charge in [0.2, 0.25) is 17.8 Å². The van der Waals surface area contributed by atoms with Crippen LogP contribution < -0.4 is 16.0 Å². The van der Waals surface area contributed by atoms with Crippen LogP contribution in [0.3, 0.4) is 0 Å². The van der Waals surface area contributed by atoms with Crippen molar-refractivity contribution in [3.63, 3.8) is 0 Å². The second-order valence-corrected chi connectivity index (χ2v) is 5.96. The zero-order chi connectivity index (χ0) is 21.9. The first-order valence-electron chi connectivity index (χ1n) is 8.37. The number of hydrogen-bond acceptors (Lipinski definition) is 6. The van der Waals surface area contributed by atoms with Crippen molar-refractivity contribution in [3.05, 3.63) is 59.7 Å². The van der Waals surface area contributed by atoms with Crippen LogP contribution in [0, 0.1) is 0 Å². The fourth-order valence-corrected chi connectivity index (χ4v) is 2.40. The normalized spacial score (nSPS) is 11.8. The zero-order valence-electron chi connectivity index (χ0n) is 15.2. The molecule has 0 aliphatic heterocycles. The lowest BCUT2D eigenvalue weighted by Crippen LogP contribution is -2.09. The molecule has 12 heteroatoms.